The maximum absolute atomic E-state index is 15.5. The first kappa shape index (κ1) is 23.3. The van der Waals surface area contributed by atoms with Crippen LogP contribution in [0.5, 0.6) is 0 Å². The Labute approximate surface area is 203 Å². The first-order chi connectivity index (χ1) is 17.0. The van der Waals surface area contributed by atoms with E-state index in [9.17, 15) is 4.79 Å². The fraction of sp³-hybridized carbons (Fsp3) is 0.400. The topological polar surface area (TPSA) is 87.0 Å². The van der Waals surface area contributed by atoms with Crippen molar-refractivity contribution in [3.63, 3.8) is 0 Å². The molecule has 0 bridgehead atoms. The van der Waals surface area contributed by atoms with Gasteiger partial charge in [-0.15, -0.1) is 0 Å². The second-order valence-electron chi connectivity index (χ2n) is 8.93. The Bertz CT molecular complexity index is 1160. The van der Waals surface area contributed by atoms with Crippen LogP contribution in [-0.2, 0) is 4.74 Å². The van der Waals surface area contributed by atoms with Crippen molar-refractivity contribution in [1.29, 1.82) is 0 Å². The minimum atomic E-state index is -0.398. The van der Waals surface area contributed by atoms with Gasteiger partial charge in [0.15, 0.2) is 5.76 Å². The Hall–Kier alpha value is -3.50. The van der Waals surface area contributed by atoms with E-state index in [1.54, 1.807) is 30.6 Å². The number of amides is 1. The number of ether oxygens (including phenoxy) is 1. The second kappa shape index (κ2) is 10.0. The van der Waals surface area contributed by atoms with Crippen molar-refractivity contribution in [3.8, 4) is 11.1 Å². The standard InChI is InChI=1S/C25H29FN6O3/c1-17-16-32(6-5-30(17)2)22-13-20(26)19(12-21(22)29-24(33)23-4-3-9-35-23)18-14-27-25(28-15-18)31-7-10-34-11-8-31/h3-4,9,12-15,17H,5-8,10-11,16H2,1-2H3,(H,29,33)/t17-/m1/s1. The van der Waals surface area contributed by atoms with Crippen LogP contribution >= 0.6 is 0 Å². The van der Waals surface area contributed by atoms with Crippen LogP contribution in [-0.4, -0.2) is 79.8 Å². The molecular weight excluding hydrogens is 451 g/mol. The minimum Gasteiger partial charge on any atom is -0.459 e. The molecule has 35 heavy (non-hydrogen) atoms. The fourth-order valence-electron chi connectivity index (χ4n) is 4.39. The molecule has 1 atom stereocenters. The number of hydrogen-bond acceptors (Lipinski definition) is 8. The highest BCUT2D eigenvalue weighted by Gasteiger charge is 2.25. The molecule has 184 valence electrons. The van der Waals surface area contributed by atoms with E-state index >= 15 is 4.39 Å². The maximum Gasteiger partial charge on any atom is 0.291 e. The summed E-state index contributed by atoms with van der Waals surface area (Å²) in [7, 11) is 2.08. The molecule has 2 fully saturated rings. The molecule has 2 aliphatic rings. The van der Waals surface area contributed by atoms with Gasteiger partial charge in [-0.3, -0.25) is 4.79 Å². The molecule has 3 aromatic rings. The Morgan fingerprint density at radius 3 is 2.57 bits per heavy atom. The van der Waals surface area contributed by atoms with Gasteiger partial charge in [-0.2, -0.15) is 0 Å². The van der Waals surface area contributed by atoms with E-state index in [-0.39, 0.29) is 5.76 Å². The SMILES string of the molecule is C[C@@H]1CN(c2cc(F)c(-c3cnc(N4CCOCC4)nc3)cc2NC(=O)c2ccco2)CCN1C. The van der Waals surface area contributed by atoms with Crippen LogP contribution in [0.15, 0.2) is 47.3 Å². The highest BCUT2D eigenvalue weighted by Crippen LogP contribution is 2.35. The number of anilines is 3. The van der Waals surface area contributed by atoms with Gasteiger partial charge < -0.3 is 29.2 Å². The molecule has 0 unspecified atom stereocenters. The summed E-state index contributed by atoms with van der Waals surface area (Å²) in [5, 5.41) is 2.92. The lowest BCUT2D eigenvalue weighted by Crippen LogP contribution is -2.50. The summed E-state index contributed by atoms with van der Waals surface area (Å²) in [6, 6.07) is 6.68. The molecule has 0 saturated carbocycles. The van der Waals surface area contributed by atoms with E-state index in [2.05, 4.69) is 39.1 Å². The van der Waals surface area contributed by atoms with Crippen LogP contribution in [0.4, 0.5) is 21.7 Å². The van der Waals surface area contributed by atoms with Gasteiger partial charge in [0.25, 0.3) is 5.91 Å². The number of aromatic nitrogens is 2. The van der Waals surface area contributed by atoms with Crippen molar-refractivity contribution in [3.05, 3.63) is 54.5 Å². The summed E-state index contributed by atoms with van der Waals surface area (Å²) in [5.41, 5.74) is 2.00. The molecule has 2 aliphatic heterocycles. The average Bonchev–Trinajstić information content (AvgIpc) is 3.43. The lowest BCUT2D eigenvalue weighted by Gasteiger charge is -2.39. The summed E-state index contributed by atoms with van der Waals surface area (Å²) < 4.78 is 26.1. The first-order valence-corrected chi connectivity index (χ1v) is 11.8. The monoisotopic (exact) mass is 480 g/mol. The number of hydrogen-bond donors (Lipinski definition) is 1. The smallest absolute Gasteiger partial charge is 0.291 e. The Morgan fingerprint density at radius 2 is 1.89 bits per heavy atom. The number of likely N-dealkylation sites (N-methyl/N-ethyl adjacent to an activating group) is 1. The van der Waals surface area contributed by atoms with E-state index in [0.29, 0.717) is 47.7 Å². The molecule has 2 aromatic heterocycles. The number of nitrogens with one attached hydrogen (secondary N) is 1. The van der Waals surface area contributed by atoms with Crippen molar-refractivity contribution in [2.75, 3.05) is 68.1 Å². The van der Waals surface area contributed by atoms with Crippen LogP contribution in [0.3, 0.4) is 0 Å². The molecule has 0 spiro atoms. The van der Waals surface area contributed by atoms with E-state index in [1.165, 1.54) is 12.3 Å². The third-order valence-electron chi connectivity index (χ3n) is 6.62. The number of halogens is 1. The fourth-order valence-corrected chi connectivity index (χ4v) is 4.39. The molecule has 1 aromatic carbocycles. The molecule has 0 radical (unpaired) electrons. The zero-order chi connectivity index (χ0) is 24.4. The summed E-state index contributed by atoms with van der Waals surface area (Å²) in [6.45, 7) is 7.11. The third-order valence-corrected chi connectivity index (χ3v) is 6.62. The van der Waals surface area contributed by atoms with Gasteiger partial charge in [0.1, 0.15) is 5.82 Å². The van der Waals surface area contributed by atoms with E-state index < -0.39 is 11.7 Å². The van der Waals surface area contributed by atoms with Crippen LogP contribution in [0, 0.1) is 5.82 Å². The van der Waals surface area contributed by atoms with Crippen molar-refractivity contribution in [2.45, 2.75) is 13.0 Å². The highest BCUT2D eigenvalue weighted by atomic mass is 19.1. The van der Waals surface area contributed by atoms with E-state index in [4.69, 9.17) is 9.15 Å². The predicted octanol–water partition coefficient (Wildman–Crippen LogP) is 3.10. The van der Waals surface area contributed by atoms with Crippen LogP contribution in [0.2, 0.25) is 0 Å². The average molecular weight is 481 g/mol. The van der Waals surface area contributed by atoms with E-state index in [1.807, 2.05) is 4.90 Å². The summed E-state index contributed by atoms with van der Waals surface area (Å²) in [4.78, 5) is 28.1. The third kappa shape index (κ3) is 4.98. The van der Waals surface area contributed by atoms with Gasteiger partial charge in [-0.1, -0.05) is 0 Å². The van der Waals surface area contributed by atoms with Gasteiger partial charge in [0.2, 0.25) is 5.95 Å². The molecule has 2 saturated heterocycles. The van der Waals surface area contributed by atoms with Gasteiger partial charge in [0.05, 0.1) is 30.9 Å². The number of rotatable bonds is 5. The zero-order valence-corrected chi connectivity index (χ0v) is 19.9. The molecule has 9 nitrogen and oxygen atoms in total. The Kier molecular flexibility index (Phi) is 6.65. The molecule has 0 aliphatic carbocycles. The van der Waals surface area contributed by atoms with Gasteiger partial charge in [0, 0.05) is 62.3 Å². The van der Waals surface area contributed by atoms with Gasteiger partial charge in [-0.05, 0) is 38.2 Å². The largest absolute Gasteiger partial charge is 0.459 e. The number of furan rings is 1. The Morgan fingerprint density at radius 1 is 1.11 bits per heavy atom. The number of benzene rings is 1. The number of carbonyl (C=O) groups is 1. The number of nitrogens with zero attached hydrogens (tertiary/aromatic N) is 5. The summed E-state index contributed by atoms with van der Waals surface area (Å²) in [6.07, 6.45) is 4.68. The molecular formula is C25H29FN6O3. The second-order valence-corrected chi connectivity index (χ2v) is 8.93. The van der Waals surface area contributed by atoms with Crippen molar-refractivity contribution in [1.82, 2.24) is 14.9 Å². The lowest BCUT2D eigenvalue weighted by molar-refractivity contribution is 0.0996. The Balaban J connectivity index is 1.48. The molecule has 4 heterocycles. The van der Waals surface area contributed by atoms with Crippen LogP contribution < -0.4 is 15.1 Å². The van der Waals surface area contributed by atoms with Crippen LogP contribution in [0.1, 0.15) is 17.5 Å². The zero-order valence-electron chi connectivity index (χ0n) is 19.9. The number of morpholine rings is 1. The van der Waals surface area contributed by atoms with Gasteiger partial charge >= 0.3 is 0 Å². The lowest BCUT2D eigenvalue weighted by atomic mass is 10.0. The van der Waals surface area contributed by atoms with Gasteiger partial charge in [-0.25, -0.2) is 14.4 Å². The highest BCUT2D eigenvalue weighted by molar-refractivity contribution is 6.04. The van der Waals surface area contributed by atoms with Crippen molar-refractivity contribution in [2.24, 2.45) is 0 Å². The van der Waals surface area contributed by atoms with Crippen molar-refractivity contribution >= 4 is 23.2 Å². The maximum atomic E-state index is 15.5. The minimum absolute atomic E-state index is 0.187. The van der Waals surface area contributed by atoms with Crippen LogP contribution in [0.25, 0.3) is 11.1 Å². The molecule has 10 heteroatoms. The summed E-state index contributed by atoms with van der Waals surface area (Å²) in [5.74, 6) is -0.0150. The number of carbonyl (C=O) groups excluding carboxylic acids is 1. The first-order valence-electron chi connectivity index (χ1n) is 11.8. The molecule has 5 rings (SSSR count). The quantitative estimate of drug-likeness (QED) is 0.596. The van der Waals surface area contributed by atoms with E-state index in [0.717, 1.165) is 32.7 Å². The molecule has 1 N–H and O–H groups in total. The predicted molar refractivity (Wildman–Crippen MR) is 131 cm³/mol. The summed E-state index contributed by atoms with van der Waals surface area (Å²) >= 11 is 0. The normalized spacial score (nSPS) is 19.1. The van der Waals surface area contributed by atoms with Crippen molar-refractivity contribution < 1.29 is 18.3 Å². The molecule has 1 amide bonds. The number of piperazine rings is 1.